The molecule has 0 aliphatic carbocycles. The molecule has 0 aromatic rings. The predicted octanol–water partition coefficient (Wildman–Crippen LogP) is 1.14. The van der Waals surface area contributed by atoms with Crippen molar-refractivity contribution in [3.63, 3.8) is 0 Å². The van der Waals surface area contributed by atoms with Crippen molar-refractivity contribution in [3.05, 3.63) is 0 Å². The SMILES string of the molecule is CC(CCN)CN1CC2CCCN2CC1C. The first-order valence-corrected chi connectivity index (χ1v) is 6.89. The average molecular weight is 225 g/mol. The Morgan fingerprint density at radius 1 is 1.38 bits per heavy atom. The summed E-state index contributed by atoms with van der Waals surface area (Å²) in [7, 11) is 0. The van der Waals surface area contributed by atoms with E-state index in [0.29, 0.717) is 0 Å². The summed E-state index contributed by atoms with van der Waals surface area (Å²) in [4.78, 5) is 5.38. The first kappa shape index (κ1) is 12.3. The Labute approximate surface area is 100.0 Å². The van der Waals surface area contributed by atoms with Gasteiger partial charge in [0.2, 0.25) is 0 Å². The molecular weight excluding hydrogens is 198 g/mol. The summed E-state index contributed by atoms with van der Waals surface area (Å²) in [6.45, 7) is 10.7. The normalized spacial score (nSPS) is 33.9. The highest BCUT2D eigenvalue weighted by Gasteiger charge is 2.34. The summed E-state index contributed by atoms with van der Waals surface area (Å²) < 4.78 is 0. The maximum absolute atomic E-state index is 5.63. The minimum atomic E-state index is 0.731. The quantitative estimate of drug-likeness (QED) is 0.779. The van der Waals surface area contributed by atoms with Crippen LogP contribution in [0.4, 0.5) is 0 Å². The van der Waals surface area contributed by atoms with Crippen LogP contribution >= 0.6 is 0 Å². The van der Waals surface area contributed by atoms with Crippen LogP contribution < -0.4 is 5.73 Å². The Morgan fingerprint density at radius 2 is 2.19 bits per heavy atom. The number of nitrogens with two attached hydrogens (primary N) is 1. The standard InChI is InChI=1S/C13H27N3/c1-11(5-6-14)8-16-10-13-4-3-7-15(13)9-12(16)2/h11-13H,3-10,14H2,1-2H3. The lowest BCUT2D eigenvalue weighted by Gasteiger charge is -2.43. The van der Waals surface area contributed by atoms with Gasteiger partial charge in [-0.1, -0.05) is 6.92 Å². The largest absolute Gasteiger partial charge is 0.330 e. The molecule has 2 aliphatic heterocycles. The monoisotopic (exact) mass is 225 g/mol. The van der Waals surface area contributed by atoms with Crippen LogP contribution in [0, 0.1) is 5.92 Å². The molecule has 94 valence electrons. The Hall–Kier alpha value is -0.120. The van der Waals surface area contributed by atoms with Gasteiger partial charge in [0.1, 0.15) is 0 Å². The van der Waals surface area contributed by atoms with Crippen molar-refractivity contribution in [1.29, 1.82) is 0 Å². The summed E-state index contributed by atoms with van der Waals surface area (Å²) in [6.07, 6.45) is 3.98. The van der Waals surface area contributed by atoms with Crippen molar-refractivity contribution in [1.82, 2.24) is 9.80 Å². The Bertz CT molecular complexity index is 219. The van der Waals surface area contributed by atoms with Gasteiger partial charge in [0.15, 0.2) is 0 Å². The van der Waals surface area contributed by atoms with Crippen molar-refractivity contribution in [2.75, 3.05) is 32.7 Å². The van der Waals surface area contributed by atoms with Crippen LogP contribution in [0.25, 0.3) is 0 Å². The van der Waals surface area contributed by atoms with Crippen molar-refractivity contribution in [3.8, 4) is 0 Å². The van der Waals surface area contributed by atoms with E-state index in [1.165, 1.54) is 39.0 Å². The van der Waals surface area contributed by atoms with E-state index in [-0.39, 0.29) is 0 Å². The van der Waals surface area contributed by atoms with Crippen molar-refractivity contribution in [2.24, 2.45) is 11.7 Å². The molecule has 3 atom stereocenters. The van der Waals surface area contributed by atoms with Crippen LogP contribution in [0.5, 0.6) is 0 Å². The molecule has 3 heteroatoms. The molecule has 16 heavy (non-hydrogen) atoms. The van der Waals surface area contributed by atoms with Gasteiger partial charge in [-0.2, -0.15) is 0 Å². The molecule has 0 amide bonds. The fourth-order valence-corrected chi connectivity index (χ4v) is 3.28. The highest BCUT2D eigenvalue weighted by atomic mass is 15.3. The summed E-state index contributed by atoms with van der Waals surface area (Å²) in [5.41, 5.74) is 5.63. The highest BCUT2D eigenvalue weighted by Crippen LogP contribution is 2.25. The second-order valence-corrected chi connectivity index (χ2v) is 5.78. The van der Waals surface area contributed by atoms with E-state index in [4.69, 9.17) is 5.73 Å². The Balaban J connectivity index is 1.84. The zero-order valence-electron chi connectivity index (χ0n) is 10.9. The molecule has 2 heterocycles. The van der Waals surface area contributed by atoms with Gasteiger partial charge < -0.3 is 5.73 Å². The second kappa shape index (κ2) is 5.48. The van der Waals surface area contributed by atoms with Gasteiger partial charge in [-0.15, -0.1) is 0 Å². The van der Waals surface area contributed by atoms with Gasteiger partial charge in [0.05, 0.1) is 0 Å². The lowest BCUT2D eigenvalue weighted by atomic mass is 10.0. The highest BCUT2D eigenvalue weighted by molar-refractivity contribution is 4.90. The van der Waals surface area contributed by atoms with Gasteiger partial charge in [-0.05, 0) is 45.2 Å². The van der Waals surface area contributed by atoms with E-state index >= 15 is 0 Å². The van der Waals surface area contributed by atoms with Crippen molar-refractivity contribution >= 4 is 0 Å². The molecule has 0 radical (unpaired) electrons. The molecule has 2 N–H and O–H groups in total. The van der Waals surface area contributed by atoms with Crippen LogP contribution in [-0.4, -0.2) is 54.6 Å². The van der Waals surface area contributed by atoms with E-state index in [2.05, 4.69) is 23.6 Å². The van der Waals surface area contributed by atoms with Gasteiger partial charge in [0, 0.05) is 31.7 Å². The topological polar surface area (TPSA) is 32.5 Å². The van der Waals surface area contributed by atoms with E-state index in [1.54, 1.807) is 0 Å². The van der Waals surface area contributed by atoms with E-state index in [1.807, 2.05) is 0 Å². The van der Waals surface area contributed by atoms with Gasteiger partial charge in [0.25, 0.3) is 0 Å². The minimum Gasteiger partial charge on any atom is -0.330 e. The smallest absolute Gasteiger partial charge is 0.0224 e. The first-order chi connectivity index (χ1) is 7.70. The first-order valence-electron chi connectivity index (χ1n) is 6.89. The number of nitrogens with zero attached hydrogens (tertiary/aromatic N) is 2. The van der Waals surface area contributed by atoms with Crippen LogP contribution in [0.15, 0.2) is 0 Å². The maximum Gasteiger partial charge on any atom is 0.0224 e. The third-order valence-electron chi connectivity index (χ3n) is 4.27. The fraction of sp³-hybridized carbons (Fsp3) is 1.00. The number of rotatable bonds is 4. The minimum absolute atomic E-state index is 0.731. The summed E-state index contributed by atoms with van der Waals surface area (Å²) >= 11 is 0. The molecule has 0 bridgehead atoms. The summed E-state index contributed by atoms with van der Waals surface area (Å²) in [6, 6.07) is 1.58. The number of hydrogen-bond donors (Lipinski definition) is 1. The molecule has 0 spiro atoms. The van der Waals surface area contributed by atoms with Crippen molar-refractivity contribution in [2.45, 2.75) is 45.2 Å². The molecule has 3 nitrogen and oxygen atoms in total. The summed E-state index contributed by atoms with van der Waals surface area (Å²) in [5.74, 6) is 0.750. The molecule has 2 saturated heterocycles. The third-order valence-corrected chi connectivity index (χ3v) is 4.27. The molecule has 0 aromatic carbocycles. The average Bonchev–Trinajstić information content (AvgIpc) is 2.65. The molecule has 0 aromatic heterocycles. The zero-order valence-corrected chi connectivity index (χ0v) is 10.9. The lowest BCUT2D eigenvalue weighted by molar-refractivity contribution is 0.0492. The lowest BCUT2D eigenvalue weighted by Crippen LogP contribution is -2.55. The van der Waals surface area contributed by atoms with Crippen LogP contribution in [0.3, 0.4) is 0 Å². The van der Waals surface area contributed by atoms with Gasteiger partial charge >= 0.3 is 0 Å². The number of hydrogen-bond acceptors (Lipinski definition) is 3. The molecule has 3 unspecified atom stereocenters. The number of piperazine rings is 1. The third kappa shape index (κ3) is 2.76. The van der Waals surface area contributed by atoms with E-state index < -0.39 is 0 Å². The van der Waals surface area contributed by atoms with Crippen LogP contribution in [-0.2, 0) is 0 Å². The van der Waals surface area contributed by atoms with E-state index in [0.717, 1.165) is 31.0 Å². The van der Waals surface area contributed by atoms with Gasteiger partial charge in [-0.3, -0.25) is 9.80 Å². The van der Waals surface area contributed by atoms with Gasteiger partial charge in [-0.25, -0.2) is 0 Å². The fourth-order valence-electron chi connectivity index (χ4n) is 3.28. The Kier molecular flexibility index (Phi) is 4.22. The Morgan fingerprint density at radius 3 is 2.94 bits per heavy atom. The zero-order chi connectivity index (χ0) is 11.5. The van der Waals surface area contributed by atoms with Crippen molar-refractivity contribution < 1.29 is 0 Å². The maximum atomic E-state index is 5.63. The number of fused-ring (bicyclic) bond motifs is 1. The molecule has 2 fully saturated rings. The molecule has 0 saturated carbocycles. The second-order valence-electron chi connectivity index (χ2n) is 5.78. The van der Waals surface area contributed by atoms with Crippen LogP contribution in [0.2, 0.25) is 0 Å². The van der Waals surface area contributed by atoms with Crippen LogP contribution in [0.1, 0.15) is 33.1 Å². The molecule has 2 rings (SSSR count). The van der Waals surface area contributed by atoms with E-state index in [9.17, 15) is 0 Å². The molecule has 2 aliphatic rings. The predicted molar refractivity (Wildman–Crippen MR) is 68.5 cm³/mol. The summed E-state index contributed by atoms with van der Waals surface area (Å²) in [5, 5.41) is 0. The molecular formula is C13H27N3.